The van der Waals surface area contributed by atoms with Crippen molar-refractivity contribution in [3.63, 3.8) is 0 Å². The monoisotopic (exact) mass is 990 g/mol. The highest BCUT2D eigenvalue weighted by atomic mass is 32.2. The molecule has 0 saturated carbocycles. The fourth-order valence-corrected chi connectivity index (χ4v) is 8.86. The number of morpholine rings is 1. The summed E-state index contributed by atoms with van der Waals surface area (Å²) in [5, 5.41) is 3.48. The van der Waals surface area contributed by atoms with Crippen LogP contribution in [0, 0.1) is 29.1 Å². The number of hydrogen-bond donors (Lipinski definition) is 4. The van der Waals surface area contributed by atoms with E-state index in [-0.39, 0.29) is 93.0 Å². The van der Waals surface area contributed by atoms with Crippen molar-refractivity contribution < 1.29 is 85.4 Å². The smallest absolute Gasteiger partial charge is 0.358 e. The number of fused-ring (bicyclic) bond motifs is 2. The summed E-state index contributed by atoms with van der Waals surface area (Å²) in [4.78, 5) is 39.3. The van der Waals surface area contributed by atoms with Crippen molar-refractivity contribution in [3.05, 3.63) is 94.6 Å². The number of anilines is 1. The van der Waals surface area contributed by atoms with E-state index in [2.05, 4.69) is 10.1 Å². The first-order valence-electron chi connectivity index (χ1n) is 19.9. The van der Waals surface area contributed by atoms with Crippen molar-refractivity contribution in [2.75, 3.05) is 69.9 Å². The topological polar surface area (TPSA) is 239 Å². The molecule has 25 heteroatoms. The summed E-state index contributed by atoms with van der Waals surface area (Å²) in [5.41, 5.74) is 1.56. The van der Waals surface area contributed by atoms with Crippen LogP contribution in [0.25, 0.3) is 33.4 Å². The van der Waals surface area contributed by atoms with Crippen molar-refractivity contribution in [1.29, 1.82) is 0 Å². The molecule has 0 radical (unpaired) electrons. The Morgan fingerprint density at radius 3 is 2.17 bits per heavy atom. The third kappa shape index (κ3) is 12.2. The van der Waals surface area contributed by atoms with E-state index in [0.717, 1.165) is 0 Å². The minimum absolute atomic E-state index is 0.0369. The lowest BCUT2D eigenvalue weighted by Gasteiger charge is -2.28. The Labute approximate surface area is 373 Å². The Morgan fingerprint density at radius 1 is 0.833 bits per heavy atom. The van der Waals surface area contributed by atoms with E-state index in [4.69, 9.17) is 13.7 Å². The zero-order valence-corrected chi connectivity index (χ0v) is 37.3. The number of halogens is 5. The first-order valence-corrected chi connectivity index (χ1v) is 24.7. The number of carbonyl (C=O) groups is 2. The van der Waals surface area contributed by atoms with Gasteiger partial charge < -0.3 is 33.5 Å². The zero-order valence-electron chi connectivity index (χ0n) is 34.8. The average molecular weight is 991 g/mol. The van der Waals surface area contributed by atoms with Gasteiger partial charge in [-0.1, -0.05) is 6.42 Å². The van der Waals surface area contributed by atoms with Crippen LogP contribution < -0.4 is 25.3 Å². The molecule has 1 unspecified atom stereocenters. The number of benzene rings is 4. The van der Waals surface area contributed by atoms with E-state index in [1.807, 2.05) is 0 Å². The summed E-state index contributed by atoms with van der Waals surface area (Å²) in [5.74, 6) is -16.1. The minimum Gasteiger partial charge on any atom is -0.456 e. The highest BCUT2D eigenvalue weighted by Gasteiger charge is 2.31. The van der Waals surface area contributed by atoms with E-state index in [1.54, 1.807) is 46.9 Å². The van der Waals surface area contributed by atoms with Crippen LogP contribution in [-0.2, 0) is 38.9 Å². The van der Waals surface area contributed by atoms with Gasteiger partial charge in [-0.15, -0.1) is 0 Å². The quantitative estimate of drug-likeness (QED) is 0.00868. The lowest BCUT2D eigenvalue weighted by atomic mass is 9.90. The molecular formula is C41H42F5N3O14PS2+. The second-order valence-electron chi connectivity index (χ2n) is 15.0. The van der Waals surface area contributed by atoms with E-state index >= 15 is 0 Å². The van der Waals surface area contributed by atoms with E-state index in [0.29, 0.717) is 27.6 Å². The van der Waals surface area contributed by atoms with Crippen LogP contribution in [0.4, 0.5) is 27.6 Å². The number of carbonyl (C=O) groups excluding carboxylic acids is 2. The molecule has 356 valence electrons. The van der Waals surface area contributed by atoms with Crippen molar-refractivity contribution >= 4 is 61.7 Å². The van der Waals surface area contributed by atoms with Gasteiger partial charge in [-0.05, 0) is 54.8 Å². The molecule has 1 aliphatic carbocycles. The molecule has 0 bridgehead atoms. The van der Waals surface area contributed by atoms with E-state index in [9.17, 15) is 66.9 Å². The number of amides is 1. The molecule has 1 saturated heterocycles. The number of rotatable bonds is 18. The number of hydrogen-bond acceptors (Lipinski definition) is 12. The molecule has 0 spiro atoms. The van der Waals surface area contributed by atoms with Crippen LogP contribution in [0.15, 0.2) is 59.0 Å². The molecule has 1 atom stereocenters. The van der Waals surface area contributed by atoms with Crippen LogP contribution in [0.5, 0.6) is 5.75 Å². The van der Waals surface area contributed by atoms with Crippen LogP contribution in [0.2, 0.25) is 0 Å². The molecule has 4 N–H and O–H groups in total. The Bertz CT molecular complexity index is 2970. The summed E-state index contributed by atoms with van der Waals surface area (Å²) in [6, 6.07) is 13.5. The second kappa shape index (κ2) is 20.7. The fourth-order valence-electron chi connectivity index (χ4n) is 6.91. The molecule has 17 nitrogen and oxygen atoms in total. The van der Waals surface area contributed by atoms with Crippen molar-refractivity contribution in [3.8, 4) is 28.2 Å². The van der Waals surface area contributed by atoms with Gasteiger partial charge in [0.15, 0.2) is 6.54 Å². The summed E-state index contributed by atoms with van der Waals surface area (Å²) >= 11 is 0. The van der Waals surface area contributed by atoms with Gasteiger partial charge in [-0.25, -0.2) is 17.7 Å². The minimum atomic E-state index is -4.71. The molecule has 0 aromatic heterocycles. The normalized spacial score (nSPS) is 14.9. The molecule has 2 heterocycles. The highest BCUT2D eigenvalue weighted by molar-refractivity contribution is 7.86. The van der Waals surface area contributed by atoms with Crippen molar-refractivity contribution in [2.24, 2.45) is 0 Å². The second-order valence-corrected chi connectivity index (χ2v) is 19.9. The molecule has 1 amide bonds. The number of esters is 1. The highest BCUT2D eigenvalue weighted by Crippen LogP contribution is 2.46. The molecule has 1 fully saturated rings. The van der Waals surface area contributed by atoms with E-state index in [1.165, 1.54) is 24.3 Å². The maximum absolute atomic E-state index is 14.3. The number of unbranched alkanes of at least 4 members (excludes halogenated alkanes) is 2. The maximum Gasteiger partial charge on any atom is 0.358 e. The summed E-state index contributed by atoms with van der Waals surface area (Å²) < 4.78 is 170. The molecule has 6 rings (SSSR count). The van der Waals surface area contributed by atoms with Crippen LogP contribution >= 0.6 is 7.60 Å². The van der Waals surface area contributed by atoms with Gasteiger partial charge in [0.25, 0.3) is 26.1 Å². The maximum atomic E-state index is 14.3. The van der Waals surface area contributed by atoms with Gasteiger partial charge in [-0.2, -0.15) is 25.6 Å². The standard InChI is InChI=1S/C41H41F5N3O14PS2/c1-48(15-20-66(57,58)59)25-7-10-29-32(22-25)62-31-21-24(47-12-19-65(54,55)56)6-9-28(31)34(29)30-23-26(8-11-27(30)41(51)49-13-17-60-18-14-49)64(52,53)61-16-4-2-3-5-33(50)63-40-38(45)36(43)35(42)37(44)39(40)46/h6-11,21-23H,2-5,12-20H2,1H3,(H3,52,53,54,55,56,57,58,59)/p+1. The predicted octanol–water partition coefficient (Wildman–Crippen LogP) is 4.96. The van der Waals surface area contributed by atoms with E-state index < -0.39 is 92.5 Å². The molecule has 66 heavy (non-hydrogen) atoms. The van der Waals surface area contributed by atoms with Gasteiger partial charge in [-0.3, -0.25) is 23.3 Å². The molecule has 2 aliphatic heterocycles. The summed E-state index contributed by atoms with van der Waals surface area (Å²) in [6.07, 6.45) is -0.383. The third-order valence-corrected chi connectivity index (χ3v) is 13.2. The number of nitrogens with zero attached hydrogens (tertiary/aromatic N) is 2. The van der Waals surface area contributed by atoms with Gasteiger partial charge in [0, 0.05) is 66.0 Å². The Hall–Kier alpha value is -5.33. The molecule has 3 aromatic carbocycles. The SMILES string of the molecule is C[N+](CCS(=O)(=O)O)=c1ccc2c(-c3cc(P(=O)(O)OCCCCCC(=O)Oc4c(F)c(F)c(F)c(F)c4F)ccc3C(=O)N3CCOCC3)c3ccc(NCCS(=O)(=O)O)cc3oc-2c1. The Morgan fingerprint density at radius 2 is 1.50 bits per heavy atom. The molecule has 3 aliphatic rings. The first-order chi connectivity index (χ1) is 31.0. The van der Waals surface area contributed by atoms with Gasteiger partial charge >= 0.3 is 13.6 Å². The van der Waals surface area contributed by atoms with Gasteiger partial charge in [0.2, 0.25) is 40.2 Å². The lowest BCUT2D eigenvalue weighted by molar-refractivity contribution is -0.135. The number of ether oxygens (including phenoxy) is 2. The van der Waals surface area contributed by atoms with Crippen LogP contribution in [0.1, 0.15) is 36.0 Å². The van der Waals surface area contributed by atoms with Gasteiger partial charge in [0.1, 0.15) is 24.1 Å². The van der Waals surface area contributed by atoms with Crippen LogP contribution in [-0.4, -0.2) is 112 Å². The summed E-state index contributed by atoms with van der Waals surface area (Å²) in [7, 11) is -11.8. The Balaban J connectivity index is 1.33. The number of nitrogens with one attached hydrogen (secondary N) is 1. The summed E-state index contributed by atoms with van der Waals surface area (Å²) in [6.45, 7) is 0.319. The first kappa shape index (κ1) is 50.1. The van der Waals surface area contributed by atoms with Gasteiger partial charge in [0.05, 0.1) is 36.9 Å². The average Bonchev–Trinajstić information content (AvgIpc) is 3.27. The fraction of sp³-hybridized carbons (Fsp3) is 0.341. The third-order valence-electron chi connectivity index (χ3n) is 10.3. The van der Waals surface area contributed by atoms with Crippen molar-refractivity contribution in [2.45, 2.75) is 25.7 Å². The largest absolute Gasteiger partial charge is 0.456 e. The Kier molecular flexibility index (Phi) is 15.7. The zero-order chi connectivity index (χ0) is 48.1. The van der Waals surface area contributed by atoms with Crippen molar-refractivity contribution in [1.82, 2.24) is 9.48 Å². The van der Waals surface area contributed by atoms with Crippen LogP contribution in [0.3, 0.4) is 0 Å². The molecule has 3 aromatic rings. The predicted molar refractivity (Wildman–Crippen MR) is 228 cm³/mol. The molecular weight excluding hydrogens is 949 g/mol. The lowest BCUT2D eigenvalue weighted by Crippen LogP contribution is -2.41.